The van der Waals surface area contributed by atoms with E-state index in [0.29, 0.717) is 18.1 Å². The van der Waals surface area contributed by atoms with E-state index < -0.39 is 5.97 Å². The third-order valence-corrected chi connectivity index (χ3v) is 3.50. The van der Waals surface area contributed by atoms with E-state index in [9.17, 15) is 9.18 Å². The van der Waals surface area contributed by atoms with Gasteiger partial charge in [-0.15, -0.1) is 0 Å². The number of carbonyl (C=O) groups is 1. The van der Waals surface area contributed by atoms with Crippen LogP contribution in [0.5, 0.6) is 5.75 Å². The zero-order valence-corrected chi connectivity index (χ0v) is 12.8. The van der Waals surface area contributed by atoms with Crippen LogP contribution in [0.2, 0.25) is 0 Å². The lowest BCUT2D eigenvalue weighted by molar-refractivity contribution is 0.0652. The van der Waals surface area contributed by atoms with Gasteiger partial charge in [-0.05, 0) is 36.2 Å². The van der Waals surface area contributed by atoms with E-state index in [4.69, 9.17) is 14.4 Å². The van der Waals surface area contributed by atoms with Crippen molar-refractivity contribution in [2.75, 3.05) is 0 Å². The average Bonchev–Trinajstić information content (AvgIpc) is 3.05. The summed E-state index contributed by atoms with van der Waals surface area (Å²) in [5.74, 6) is -1.03. The van der Waals surface area contributed by atoms with Crippen LogP contribution in [0.3, 0.4) is 0 Å². The number of halogens is 1. The molecule has 2 aromatic carbocycles. The lowest BCUT2D eigenvalue weighted by atomic mass is 10.1. The Bertz CT molecular complexity index is 871. The second-order valence-electron chi connectivity index (χ2n) is 5.28. The van der Waals surface area contributed by atoms with E-state index in [1.807, 2.05) is 12.1 Å². The minimum absolute atomic E-state index is 0.204. The first-order chi connectivity index (χ1) is 11.5. The molecule has 0 aliphatic heterocycles. The molecular weight excluding hydrogens is 313 g/mol. The molecule has 3 rings (SSSR count). The molecule has 0 bridgehead atoms. The fraction of sp³-hybridized carbons (Fsp3) is 0.111. The number of ether oxygens (including phenoxy) is 1. The third kappa shape index (κ3) is 3.43. The molecule has 1 heterocycles. The Labute approximate surface area is 137 Å². The average molecular weight is 327 g/mol. The van der Waals surface area contributed by atoms with Gasteiger partial charge in [-0.2, -0.15) is 0 Å². The number of aryl methyl sites for hydroxylation is 1. The first-order valence-electron chi connectivity index (χ1n) is 7.21. The van der Waals surface area contributed by atoms with Gasteiger partial charge in [-0.3, -0.25) is 0 Å². The van der Waals surface area contributed by atoms with Gasteiger partial charge in [0.1, 0.15) is 23.9 Å². The monoisotopic (exact) mass is 327 g/mol. The highest BCUT2D eigenvalue weighted by Gasteiger charge is 2.12. The number of aromatic carboxylic acids is 1. The van der Waals surface area contributed by atoms with Crippen LogP contribution in [0.25, 0.3) is 11.3 Å². The second-order valence-corrected chi connectivity index (χ2v) is 5.28. The van der Waals surface area contributed by atoms with Crippen molar-refractivity contribution in [3.63, 3.8) is 0 Å². The Kier molecular flexibility index (Phi) is 4.29. The van der Waals surface area contributed by atoms with E-state index in [0.717, 1.165) is 16.7 Å². The molecule has 0 amide bonds. The van der Waals surface area contributed by atoms with E-state index in [-0.39, 0.29) is 11.6 Å². The van der Waals surface area contributed by atoms with Gasteiger partial charge in [-0.25, -0.2) is 9.18 Å². The van der Waals surface area contributed by atoms with Crippen LogP contribution in [0.15, 0.2) is 53.1 Å². The predicted octanol–water partition coefficient (Wildman–Crippen LogP) is 4.07. The minimum atomic E-state index is -1.16. The first-order valence-corrected chi connectivity index (χ1v) is 7.21. The van der Waals surface area contributed by atoms with Crippen molar-refractivity contribution in [3.8, 4) is 17.0 Å². The number of aromatic nitrogens is 1. The molecule has 122 valence electrons. The summed E-state index contributed by atoms with van der Waals surface area (Å²) in [5.41, 5.74) is 2.85. The molecule has 0 radical (unpaired) electrons. The van der Waals surface area contributed by atoms with Crippen molar-refractivity contribution in [2.45, 2.75) is 13.5 Å². The smallest absolute Gasteiger partial charge is 0.374 e. The number of carboxylic acid groups (broad SMARTS) is 1. The van der Waals surface area contributed by atoms with Gasteiger partial charge >= 0.3 is 5.97 Å². The zero-order valence-electron chi connectivity index (χ0n) is 12.8. The molecule has 0 atom stereocenters. The maximum Gasteiger partial charge on any atom is 0.374 e. The topological polar surface area (TPSA) is 72.6 Å². The summed E-state index contributed by atoms with van der Waals surface area (Å²) in [6, 6.07) is 13.1. The Morgan fingerprint density at radius 1 is 1.21 bits per heavy atom. The number of rotatable bonds is 5. The normalized spacial score (nSPS) is 10.6. The summed E-state index contributed by atoms with van der Waals surface area (Å²) in [6.07, 6.45) is 0. The van der Waals surface area contributed by atoms with Crippen LogP contribution >= 0.6 is 0 Å². The van der Waals surface area contributed by atoms with Gasteiger partial charge in [0.25, 0.3) is 0 Å². The van der Waals surface area contributed by atoms with Crippen molar-refractivity contribution >= 4 is 5.97 Å². The highest BCUT2D eigenvalue weighted by Crippen LogP contribution is 2.22. The van der Waals surface area contributed by atoms with Crippen LogP contribution in [-0.2, 0) is 6.61 Å². The number of nitrogens with zero attached hydrogens (tertiary/aromatic N) is 1. The maximum absolute atomic E-state index is 13.1. The molecule has 0 spiro atoms. The number of hydrogen-bond donors (Lipinski definition) is 1. The molecule has 0 saturated carbocycles. The van der Waals surface area contributed by atoms with E-state index in [1.54, 1.807) is 25.1 Å². The SMILES string of the molecule is Cc1cc(F)ccc1OCc1ccc(-c2cc(C(=O)O)on2)cc1. The van der Waals surface area contributed by atoms with Gasteiger partial charge in [0.15, 0.2) is 0 Å². The Hall–Kier alpha value is -3.15. The molecule has 6 heteroatoms. The van der Waals surface area contributed by atoms with E-state index in [2.05, 4.69) is 5.16 Å². The van der Waals surface area contributed by atoms with Crippen molar-refractivity contribution in [1.82, 2.24) is 5.16 Å². The number of carboxylic acids is 1. The molecule has 1 aromatic heterocycles. The zero-order chi connectivity index (χ0) is 17.1. The summed E-state index contributed by atoms with van der Waals surface area (Å²) in [6.45, 7) is 2.12. The molecule has 0 saturated heterocycles. The molecule has 24 heavy (non-hydrogen) atoms. The standard InChI is InChI=1S/C18H14FNO4/c1-11-8-14(19)6-7-16(11)23-10-12-2-4-13(5-3-12)15-9-17(18(21)22)24-20-15/h2-9H,10H2,1H3,(H,21,22). The van der Waals surface area contributed by atoms with Crippen LogP contribution in [0.1, 0.15) is 21.7 Å². The van der Waals surface area contributed by atoms with Crippen LogP contribution < -0.4 is 4.74 Å². The Morgan fingerprint density at radius 2 is 1.96 bits per heavy atom. The molecule has 0 unspecified atom stereocenters. The highest BCUT2D eigenvalue weighted by atomic mass is 19.1. The maximum atomic E-state index is 13.1. The van der Waals surface area contributed by atoms with Crippen molar-refractivity contribution < 1.29 is 23.6 Å². The van der Waals surface area contributed by atoms with Crippen LogP contribution in [-0.4, -0.2) is 16.2 Å². The molecular formula is C18H14FNO4. The molecule has 0 aliphatic rings. The van der Waals surface area contributed by atoms with Gasteiger partial charge < -0.3 is 14.4 Å². The summed E-state index contributed by atoms with van der Waals surface area (Å²) < 4.78 is 23.5. The third-order valence-electron chi connectivity index (χ3n) is 3.50. The minimum Gasteiger partial charge on any atom is -0.489 e. The summed E-state index contributed by atoms with van der Waals surface area (Å²) in [5, 5.41) is 12.6. The van der Waals surface area contributed by atoms with Crippen molar-refractivity contribution in [2.24, 2.45) is 0 Å². The largest absolute Gasteiger partial charge is 0.489 e. The molecule has 1 N–H and O–H groups in total. The summed E-state index contributed by atoms with van der Waals surface area (Å²) in [4.78, 5) is 10.8. The van der Waals surface area contributed by atoms with Crippen molar-refractivity contribution in [1.29, 1.82) is 0 Å². The first kappa shape index (κ1) is 15.7. The second kappa shape index (κ2) is 6.54. The van der Waals surface area contributed by atoms with Gasteiger partial charge in [-0.1, -0.05) is 29.4 Å². The molecule has 0 aliphatic carbocycles. The van der Waals surface area contributed by atoms with Gasteiger partial charge in [0, 0.05) is 11.6 Å². The number of benzene rings is 2. The van der Waals surface area contributed by atoms with Gasteiger partial charge in [0.05, 0.1) is 0 Å². The summed E-state index contributed by atoms with van der Waals surface area (Å²) in [7, 11) is 0. The molecule has 0 fully saturated rings. The van der Waals surface area contributed by atoms with Crippen LogP contribution in [0.4, 0.5) is 4.39 Å². The van der Waals surface area contributed by atoms with Crippen molar-refractivity contribution in [3.05, 3.63) is 71.2 Å². The van der Waals surface area contributed by atoms with Gasteiger partial charge in [0.2, 0.25) is 5.76 Å². The summed E-state index contributed by atoms with van der Waals surface area (Å²) >= 11 is 0. The van der Waals surface area contributed by atoms with E-state index >= 15 is 0 Å². The molecule has 5 nitrogen and oxygen atoms in total. The fourth-order valence-electron chi connectivity index (χ4n) is 2.22. The number of hydrogen-bond acceptors (Lipinski definition) is 4. The quantitative estimate of drug-likeness (QED) is 0.765. The fourth-order valence-corrected chi connectivity index (χ4v) is 2.22. The van der Waals surface area contributed by atoms with Crippen LogP contribution in [0, 0.1) is 12.7 Å². The Balaban J connectivity index is 1.69. The van der Waals surface area contributed by atoms with E-state index in [1.165, 1.54) is 18.2 Å². The lowest BCUT2D eigenvalue weighted by Crippen LogP contribution is -1.97. The highest BCUT2D eigenvalue weighted by molar-refractivity contribution is 5.85. The molecule has 3 aromatic rings. The lowest BCUT2D eigenvalue weighted by Gasteiger charge is -2.09. The predicted molar refractivity (Wildman–Crippen MR) is 84.4 cm³/mol. The Morgan fingerprint density at radius 3 is 2.58 bits per heavy atom.